The first kappa shape index (κ1) is 17.2. The number of hydrogen-bond acceptors (Lipinski definition) is 6. The van der Waals surface area contributed by atoms with E-state index in [1.807, 2.05) is 54.1 Å². The van der Waals surface area contributed by atoms with Crippen LogP contribution in [0.5, 0.6) is 0 Å². The number of carbonyl (C=O) groups excluding carboxylic acids is 1. The summed E-state index contributed by atoms with van der Waals surface area (Å²) in [6, 6.07) is 7.48. The van der Waals surface area contributed by atoms with Gasteiger partial charge in [0.1, 0.15) is 11.3 Å². The van der Waals surface area contributed by atoms with Crippen molar-refractivity contribution in [1.82, 2.24) is 14.4 Å². The Labute approximate surface area is 163 Å². The van der Waals surface area contributed by atoms with Crippen molar-refractivity contribution in [3.8, 4) is 11.4 Å². The van der Waals surface area contributed by atoms with Crippen molar-refractivity contribution in [2.45, 2.75) is 20.3 Å². The molecule has 0 fully saturated rings. The van der Waals surface area contributed by atoms with Gasteiger partial charge in [-0.05, 0) is 31.2 Å². The van der Waals surface area contributed by atoms with Gasteiger partial charge in [0.25, 0.3) is 0 Å². The minimum absolute atomic E-state index is 0.154. The van der Waals surface area contributed by atoms with Gasteiger partial charge in [0, 0.05) is 18.0 Å². The van der Waals surface area contributed by atoms with E-state index >= 15 is 0 Å². The number of nitrogens with one attached hydrogen (secondary N) is 1. The van der Waals surface area contributed by atoms with Crippen molar-refractivity contribution < 1.29 is 4.79 Å². The Hall–Kier alpha value is -2.22. The van der Waals surface area contributed by atoms with Crippen molar-refractivity contribution in [3.63, 3.8) is 0 Å². The zero-order chi connectivity index (χ0) is 18.3. The zero-order valence-corrected chi connectivity index (χ0v) is 16.5. The SMILES string of the molecule is CCC(=O)c1ccc(Nc2nc(-c3c(C)nc4ccc(Cl)cn34)cs2)s1. The van der Waals surface area contributed by atoms with Crippen LogP contribution >= 0.6 is 34.3 Å². The van der Waals surface area contributed by atoms with E-state index in [1.165, 1.54) is 22.7 Å². The number of halogens is 1. The van der Waals surface area contributed by atoms with Crippen LogP contribution in [0.3, 0.4) is 0 Å². The summed E-state index contributed by atoms with van der Waals surface area (Å²) in [4.78, 5) is 21.8. The largest absolute Gasteiger partial charge is 0.323 e. The van der Waals surface area contributed by atoms with Crippen molar-refractivity contribution in [3.05, 3.63) is 51.4 Å². The molecular formula is C18H15ClN4OS2. The van der Waals surface area contributed by atoms with E-state index in [0.717, 1.165) is 37.7 Å². The van der Waals surface area contributed by atoms with Gasteiger partial charge in [-0.2, -0.15) is 0 Å². The summed E-state index contributed by atoms with van der Waals surface area (Å²) in [5, 5.41) is 7.60. The average molecular weight is 403 g/mol. The number of thiazole rings is 1. The van der Waals surface area contributed by atoms with Crippen molar-refractivity contribution in [2.24, 2.45) is 0 Å². The molecule has 8 heteroatoms. The smallest absolute Gasteiger partial charge is 0.188 e. The van der Waals surface area contributed by atoms with Gasteiger partial charge in [-0.3, -0.25) is 9.20 Å². The van der Waals surface area contributed by atoms with Crippen LogP contribution in [0.4, 0.5) is 10.1 Å². The first-order chi connectivity index (χ1) is 12.5. The molecule has 0 aliphatic heterocycles. The number of hydrogen-bond donors (Lipinski definition) is 1. The van der Waals surface area contributed by atoms with E-state index in [1.54, 1.807) is 0 Å². The molecule has 0 amide bonds. The molecule has 0 atom stereocenters. The maximum absolute atomic E-state index is 11.8. The monoisotopic (exact) mass is 402 g/mol. The van der Waals surface area contributed by atoms with Crippen LogP contribution in [0.25, 0.3) is 17.0 Å². The molecule has 4 heterocycles. The van der Waals surface area contributed by atoms with Crippen LogP contribution in [-0.4, -0.2) is 20.2 Å². The minimum atomic E-state index is 0.154. The predicted octanol–water partition coefficient (Wildman–Crippen LogP) is 5.82. The Morgan fingerprint density at radius 2 is 2.12 bits per heavy atom. The number of imidazole rings is 1. The molecule has 0 aliphatic rings. The molecule has 4 aromatic rings. The number of nitrogens with zero attached hydrogens (tertiary/aromatic N) is 3. The average Bonchev–Trinajstić information content (AvgIpc) is 3.33. The van der Waals surface area contributed by atoms with Gasteiger partial charge in [0.15, 0.2) is 10.9 Å². The van der Waals surface area contributed by atoms with Crippen molar-refractivity contribution >= 4 is 55.8 Å². The van der Waals surface area contributed by atoms with E-state index < -0.39 is 0 Å². The normalized spacial score (nSPS) is 11.2. The van der Waals surface area contributed by atoms with Crippen LogP contribution in [0, 0.1) is 6.92 Å². The maximum Gasteiger partial charge on any atom is 0.188 e. The second kappa shape index (κ2) is 6.83. The Morgan fingerprint density at radius 1 is 1.27 bits per heavy atom. The van der Waals surface area contributed by atoms with Crippen LogP contribution in [0.1, 0.15) is 28.7 Å². The number of fused-ring (bicyclic) bond motifs is 1. The Bertz CT molecular complexity index is 1110. The van der Waals surface area contributed by atoms with Gasteiger partial charge in [-0.1, -0.05) is 18.5 Å². The molecular weight excluding hydrogens is 388 g/mol. The lowest BCUT2D eigenvalue weighted by Gasteiger charge is -2.01. The number of carbonyl (C=O) groups is 1. The second-order valence-electron chi connectivity index (χ2n) is 5.72. The fourth-order valence-corrected chi connectivity index (χ4v) is 4.57. The van der Waals surface area contributed by atoms with Crippen LogP contribution in [0.15, 0.2) is 35.8 Å². The van der Waals surface area contributed by atoms with Gasteiger partial charge >= 0.3 is 0 Å². The third-order valence-corrected chi connectivity index (χ3v) is 5.96. The summed E-state index contributed by atoms with van der Waals surface area (Å²) in [6.07, 6.45) is 2.36. The third kappa shape index (κ3) is 3.13. The first-order valence-electron chi connectivity index (χ1n) is 8.05. The van der Waals surface area contributed by atoms with Crippen molar-refractivity contribution in [1.29, 1.82) is 0 Å². The van der Waals surface area contributed by atoms with E-state index in [2.05, 4.69) is 15.3 Å². The van der Waals surface area contributed by atoms with Crippen LogP contribution < -0.4 is 5.32 Å². The second-order valence-corrected chi connectivity index (χ2v) is 8.10. The van der Waals surface area contributed by atoms with Gasteiger partial charge in [0.2, 0.25) is 0 Å². The fraction of sp³-hybridized carbons (Fsp3) is 0.167. The maximum atomic E-state index is 11.8. The molecule has 132 valence electrons. The van der Waals surface area contributed by atoms with E-state index in [9.17, 15) is 4.79 Å². The highest BCUT2D eigenvalue weighted by Crippen LogP contribution is 2.32. The fourth-order valence-electron chi connectivity index (χ4n) is 2.72. The summed E-state index contributed by atoms with van der Waals surface area (Å²) in [5.41, 5.74) is 3.51. The number of pyridine rings is 1. The molecule has 26 heavy (non-hydrogen) atoms. The quantitative estimate of drug-likeness (QED) is 0.427. The topological polar surface area (TPSA) is 59.3 Å². The molecule has 5 nitrogen and oxygen atoms in total. The highest BCUT2D eigenvalue weighted by Gasteiger charge is 2.15. The van der Waals surface area contributed by atoms with Crippen LogP contribution in [0.2, 0.25) is 5.02 Å². The molecule has 0 bridgehead atoms. The summed E-state index contributed by atoms with van der Waals surface area (Å²) in [7, 11) is 0. The number of Topliss-reactive ketones (excluding diaryl/α,β-unsaturated/α-hetero) is 1. The zero-order valence-electron chi connectivity index (χ0n) is 14.1. The first-order valence-corrected chi connectivity index (χ1v) is 10.1. The molecule has 0 saturated carbocycles. The number of aryl methyl sites for hydroxylation is 1. The summed E-state index contributed by atoms with van der Waals surface area (Å²) >= 11 is 9.09. The Balaban J connectivity index is 1.64. The molecule has 0 aromatic carbocycles. The molecule has 0 radical (unpaired) electrons. The van der Waals surface area contributed by atoms with Gasteiger partial charge in [-0.25, -0.2) is 9.97 Å². The molecule has 4 rings (SSSR count). The number of anilines is 2. The predicted molar refractivity (Wildman–Crippen MR) is 108 cm³/mol. The van der Waals surface area contributed by atoms with Crippen LogP contribution in [-0.2, 0) is 0 Å². The number of aromatic nitrogens is 3. The molecule has 0 saturated heterocycles. The Kier molecular flexibility index (Phi) is 4.52. The van der Waals surface area contributed by atoms with E-state index in [0.29, 0.717) is 11.4 Å². The summed E-state index contributed by atoms with van der Waals surface area (Å²) < 4.78 is 1.96. The molecule has 4 aromatic heterocycles. The van der Waals surface area contributed by atoms with E-state index in [4.69, 9.17) is 11.6 Å². The van der Waals surface area contributed by atoms with Crippen molar-refractivity contribution in [2.75, 3.05) is 5.32 Å². The Morgan fingerprint density at radius 3 is 2.92 bits per heavy atom. The highest BCUT2D eigenvalue weighted by atomic mass is 35.5. The number of rotatable bonds is 5. The lowest BCUT2D eigenvalue weighted by molar-refractivity contribution is 0.0992. The van der Waals surface area contributed by atoms with Gasteiger partial charge in [0.05, 0.1) is 26.3 Å². The summed E-state index contributed by atoms with van der Waals surface area (Å²) in [6.45, 7) is 3.83. The third-order valence-electron chi connectivity index (χ3n) is 3.94. The van der Waals surface area contributed by atoms with E-state index in [-0.39, 0.29) is 5.78 Å². The number of thiophene rings is 1. The van der Waals surface area contributed by atoms with Gasteiger partial charge in [-0.15, -0.1) is 22.7 Å². The number of ketones is 1. The summed E-state index contributed by atoms with van der Waals surface area (Å²) in [5.74, 6) is 0.154. The lowest BCUT2D eigenvalue weighted by atomic mass is 10.3. The minimum Gasteiger partial charge on any atom is -0.323 e. The molecule has 0 unspecified atom stereocenters. The molecule has 0 aliphatic carbocycles. The highest BCUT2D eigenvalue weighted by molar-refractivity contribution is 7.19. The standard InChI is InChI=1S/C18H15ClN4OS2/c1-3-13(24)14-5-7-16(26-14)22-18-21-12(9-25-18)17-10(2)20-15-6-4-11(19)8-23(15)17/h4-9H,3H2,1-2H3,(H,21,22). The molecule has 1 N–H and O–H groups in total. The molecule has 0 spiro atoms. The lowest BCUT2D eigenvalue weighted by Crippen LogP contribution is -1.91. The van der Waals surface area contributed by atoms with Gasteiger partial charge < -0.3 is 5.32 Å².